The maximum atomic E-state index is 11.7. The number of rotatable bonds is 3. The Morgan fingerprint density at radius 1 is 1.18 bits per heavy atom. The van der Waals surface area contributed by atoms with Crippen molar-refractivity contribution in [1.29, 1.82) is 0 Å². The number of halogens is 1. The van der Waals surface area contributed by atoms with Crippen LogP contribution in [-0.4, -0.2) is 27.1 Å². The number of alkyl halides is 1. The van der Waals surface area contributed by atoms with Gasteiger partial charge in [-0.1, -0.05) is 0 Å². The van der Waals surface area contributed by atoms with Gasteiger partial charge in [-0.15, -0.1) is 20.4 Å². The fourth-order valence-corrected chi connectivity index (χ4v) is 0.625. The van der Waals surface area contributed by atoms with E-state index in [1.165, 1.54) is 0 Å². The lowest BCUT2D eigenvalue weighted by Crippen LogP contribution is -2.02. The van der Waals surface area contributed by atoms with E-state index in [4.69, 9.17) is 0 Å². The molecule has 0 fully saturated rings. The van der Waals surface area contributed by atoms with Gasteiger partial charge in [-0.05, 0) is 13.3 Å². The molecule has 1 rings (SSSR count). The monoisotopic (exact) mass is 155 g/mol. The van der Waals surface area contributed by atoms with Crippen molar-refractivity contribution in [3.8, 4) is 0 Å². The van der Waals surface area contributed by atoms with Crippen LogP contribution < -0.4 is 0 Å². The average Bonchev–Trinajstić information content (AvgIpc) is 2.04. The van der Waals surface area contributed by atoms with E-state index >= 15 is 0 Å². The van der Waals surface area contributed by atoms with Gasteiger partial charge in [-0.2, -0.15) is 0 Å². The Labute approximate surface area is 63.9 Å². The molecule has 0 atom stereocenters. The zero-order chi connectivity index (χ0) is 8.10. The molecule has 0 aliphatic carbocycles. The van der Waals surface area contributed by atoms with E-state index in [9.17, 15) is 4.39 Å². The Balaban J connectivity index is 2.52. The van der Waals surface area contributed by atoms with Gasteiger partial charge in [-0.3, -0.25) is 4.39 Å². The Kier molecular flexibility index (Phi) is 2.83. The third kappa shape index (κ3) is 2.53. The molecule has 0 amide bonds. The summed E-state index contributed by atoms with van der Waals surface area (Å²) in [5.41, 5.74) is 0. The smallest absolute Gasteiger partial charge is 0.173 e. The van der Waals surface area contributed by atoms with E-state index < -0.39 is 0 Å². The number of aryl methyl sites for hydroxylation is 2. The highest BCUT2D eigenvalue weighted by molar-refractivity contribution is 4.79. The molecule has 0 bridgehead atoms. The Bertz CT molecular complexity index is 210. The molecule has 0 aliphatic rings. The molecule has 0 aliphatic heterocycles. The standard InChI is InChI=1S/C6H9FN4/c1-5-8-10-6(11-9-5)3-2-4-7/h2-4H2,1H3/i7-1. The minimum absolute atomic E-state index is 0.350. The van der Waals surface area contributed by atoms with E-state index in [0.717, 1.165) is 0 Å². The van der Waals surface area contributed by atoms with Crippen LogP contribution in [0.1, 0.15) is 18.1 Å². The largest absolute Gasteiger partial charge is 0.251 e. The van der Waals surface area contributed by atoms with Gasteiger partial charge in [0.2, 0.25) is 0 Å². The van der Waals surface area contributed by atoms with Gasteiger partial charge in [0.05, 0.1) is 6.67 Å². The molecule has 5 heteroatoms. The molecule has 1 aromatic heterocycles. The topological polar surface area (TPSA) is 51.6 Å². The molecular formula is C6H9FN4. The SMILES string of the molecule is Cc1nnc(CCC[18F])nn1. The lowest BCUT2D eigenvalue weighted by atomic mass is 10.3. The number of aromatic nitrogens is 4. The van der Waals surface area contributed by atoms with Crippen molar-refractivity contribution in [3.63, 3.8) is 0 Å². The predicted octanol–water partition coefficient (Wildman–Crippen LogP) is 0.477. The first kappa shape index (κ1) is 7.97. The van der Waals surface area contributed by atoms with Crippen molar-refractivity contribution < 1.29 is 4.39 Å². The summed E-state index contributed by atoms with van der Waals surface area (Å²) in [7, 11) is 0. The van der Waals surface area contributed by atoms with Crippen LogP contribution in [0.25, 0.3) is 0 Å². The molecule has 4 nitrogen and oxygen atoms in total. The van der Waals surface area contributed by atoms with Crippen molar-refractivity contribution in [2.75, 3.05) is 6.67 Å². The van der Waals surface area contributed by atoms with Crippen LogP contribution >= 0.6 is 0 Å². The van der Waals surface area contributed by atoms with Gasteiger partial charge in [0.25, 0.3) is 0 Å². The molecule has 0 N–H and O–H groups in total. The van der Waals surface area contributed by atoms with Crippen LogP contribution in [0.2, 0.25) is 0 Å². The second kappa shape index (κ2) is 3.90. The summed E-state index contributed by atoms with van der Waals surface area (Å²) in [4.78, 5) is 0. The molecule has 0 unspecified atom stereocenters. The maximum absolute atomic E-state index is 11.7. The quantitative estimate of drug-likeness (QED) is 0.637. The summed E-state index contributed by atoms with van der Waals surface area (Å²) in [6.07, 6.45) is 0.948. The van der Waals surface area contributed by atoms with Gasteiger partial charge >= 0.3 is 0 Å². The molecule has 0 saturated heterocycles. The van der Waals surface area contributed by atoms with Crippen LogP contribution in [0.5, 0.6) is 0 Å². The summed E-state index contributed by atoms with van der Waals surface area (Å²) in [6, 6.07) is 0. The molecule has 0 saturated carbocycles. The fraction of sp³-hybridized carbons (Fsp3) is 0.667. The average molecular weight is 155 g/mol. The van der Waals surface area contributed by atoms with Crippen molar-refractivity contribution in [2.45, 2.75) is 19.8 Å². The van der Waals surface area contributed by atoms with E-state index in [2.05, 4.69) is 20.4 Å². The van der Waals surface area contributed by atoms with Crippen LogP contribution in [0, 0.1) is 6.92 Å². The van der Waals surface area contributed by atoms with Gasteiger partial charge in [0.15, 0.2) is 11.6 Å². The second-order valence-corrected chi connectivity index (χ2v) is 2.16. The van der Waals surface area contributed by atoms with Crippen LogP contribution in [0.15, 0.2) is 0 Å². The summed E-state index contributed by atoms with van der Waals surface area (Å²) in [5, 5.41) is 14.8. The molecule has 0 aromatic carbocycles. The van der Waals surface area contributed by atoms with Gasteiger partial charge in [0, 0.05) is 6.42 Å². The summed E-state index contributed by atoms with van der Waals surface area (Å²) in [5.74, 6) is 1.04. The van der Waals surface area contributed by atoms with E-state index in [1.807, 2.05) is 0 Å². The zero-order valence-electron chi connectivity index (χ0n) is 6.29. The lowest BCUT2D eigenvalue weighted by Gasteiger charge is -1.93. The van der Waals surface area contributed by atoms with Crippen molar-refractivity contribution in [3.05, 3.63) is 11.6 Å². The molecule has 0 radical (unpaired) electrons. The van der Waals surface area contributed by atoms with E-state index in [-0.39, 0.29) is 6.67 Å². The Morgan fingerprint density at radius 2 is 1.82 bits per heavy atom. The Hall–Kier alpha value is -1.13. The highest BCUT2D eigenvalue weighted by atomic mass is 18.2. The third-order valence-corrected chi connectivity index (χ3v) is 1.15. The highest BCUT2D eigenvalue weighted by Crippen LogP contribution is 1.92. The lowest BCUT2D eigenvalue weighted by molar-refractivity contribution is 0.466. The van der Waals surface area contributed by atoms with Crippen LogP contribution in [0.3, 0.4) is 0 Å². The normalized spacial score (nSPS) is 10.0. The van der Waals surface area contributed by atoms with Gasteiger partial charge in [-0.25, -0.2) is 0 Å². The summed E-state index contributed by atoms with van der Waals surface area (Å²) in [6.45, 7) is 1.36. The highest BCUT2D eigenvalue weighted by Gasteiger charge is 1.96. The minimum atomic E-state index is -0.350. The molecule has 0 spiro atoms. The molecular weight excluding hydrogens is 146 g/mol. The minimum Gasteiger partial charge on any atom is -0.251 e. The maximum Gasteiger partial charge on any atom is 0.173 e. The molecule has 1 heterocycles. The number of hydrogen-bond acceptors (Lipinski definition) is 4. The fourth-order valence-electron chi connectivity index (χ4n) is 0.625. The van der Waals surface area contributed by atoms with Gasteiger partial charge < -0.3 is 0 Å². The molecule has 11 heavy (non-hydrogen) atoms. The number of hydrogen-bond donors (Lipinski definition) is 0. The first-order valence-electron chi connectivity index (χ1n) is 3.42. The first-order valence-corrected chi connectivity index (χ1v) is 3.42. The third-order valence-electron chi connectivity index (χ3n) is 1.15. The number of nitrogens with zero attached hydrogens (tertiary/aromatic N) is 4. The van der Waals surface area contributed by atoms with Crippen molar-refractivity contribution in [2.24, 2.45) is 0 Å². The van der Waals surface area contributed by atoms with Gasteiger partial charge in [0.1, 0.15) is 0 Å². The Morgan fingerprint density at radius 3 is 2.36 bits per heavy atom. The summed E-state index contributed by atoms with van der Waals surface area (Å²) < 4.78 is 11.7. The zero-order valence-corrected chi connectivity index (χ0v) is 6.29. The van der Waals surface area contributed by atoms with Crippen LogP contribution in [-0.2, 0) is 6.42 Å². The molecule has 1 aromatic rings. The van der Waals surface area contributed by atoms with E-state index in [1.54, 1.807) is 6.92 Å². The van der Waals surface area contributed by atoms with Crippen molar-refractivity contribution in [1.82, 2.24) is 20.4 Å². The second-order valence-electron chi connectivity index (χ2n) is 2.16. The first-order chi connectivity index (χ1) is 5.33. The molecule has 60 valence electrons. The predicted molar refractivity (Wildman–Crippen MR) is 36.7 cm³/mol. The van der Waals surface area contributed by atoms with Crippen LogP contribution in [0.4, 0.5) is 4.39 Å². The summed E-state index contributed by atoms with van der Waals surface area (Å²) >= 11 is 0. The van der Waals surface area contributed by atoms with Crippen molar-refractivity contribution >= 4 is 0 Å². The van der Waals surface area contributed by atoms with E-state index in [0.29, 0.717) is 24.5 Å².